The molecule has 16 heavy (non-hydrogen) atoms. The zero-order valence-corrected chi connectivity index (χ0v) is 10.5. The molecule has 1 aliphatic heterocycles. The summed E-state index contributed by atoms with van der Waals surface area (Å²) < 4.78 is 0. The third kappa shape index (κ3) is 2.40. The van der Waals surface area contributed by atoms with Gasteiger partial charge in [-0.05, 0) is 30.9 Å². The van der Waals surface area contributed by atoms with Crippen LogP contribution in [0.5, 0.6) is 0 Å². The van der Waals surface area contributed by atoms with Gasteiger partial charge in [0.1, 0.15) is 5.82 Å². The molecule has 0 aliphatic carbocycles. The summed E-state index contributed by atoms with van der Waals surface area (Å²) >= 11 is 0. The van der Waals surface area contributed by atoms with E-state index in [-0.39, 0.29) is 0 Å². The van der Waals surface area contributed by atoms with E-state index in [4.69, 9.17) is 4.98 Å². The molecule has 3 nitrogen and oxygen atoms in total. The molecule has 1 aromatic rings. The average Bonchev–Trinajstić information content (AvgIpc) is 2.27. The Hall–Kier alpha value is -0.960. The third-order valence-electron chi connectivity index (χ3n) is 2.99. The summed E-state index contributed by atoms with van der Waals surface area (Å²) in [7, 11) is 0. The Bertz CT molecular complexity index is 354. The minimum Gasteiger partial charge on any atom is -0.311 e. The van der Waals surface area contributed by atoms with E-state index in [1.165, 1.54) is 17.0 Å². The van der Waals surface area contributed by atoms with Gasteiger partial charge in [0.05, 0.1) is 5.69 Å². The quantitative estimate of drug-likeness (QED) is 0.843. The molecule has 0 radical (unpaired) electrons. The van der Waals surface area contributed by atoms with Crippen LogP contribution in [0.2, 0.25) is 0 Å². The van der Waals surface area contributed by atoms with E-state index in [2.05, 4.69) is 31.1 Å². The van der Waals surface area contributed by atoms with Crippen molar-refractivity contribution in [2.75, 3.05) is 6.54 Å². The fourth-order valence-corrected chi connectivity index (χ4v) is 2.24. The van der Waals surface area contributed by atoms with Crippen LogP contribution in [0.1, 0.15) is 43.5 Å². The molecule has 0 spiro atoms. The molecule has 0 bridgehead atoms. The smallest absolute Gasteiger partial charge is 0.129 e. The lowest BCUT2D eigenvalue weighted by atomic mass is 10.0. The van der Waals surface area contributed by atoms with Gasteiger partial charge in [-0.25, -0.2) is 9.97 Å². The Morgan fingerprint density at radius 1 is 1.31 bits per heavy atom. The van der Waals surface area contributed by atoms with E-state index < -0.39 is 0 Å². The molecule has 1 N–H and O–H groups in total. The molecule has 0 saturated heterocycles. The zero-order valence-electron chi connectivity index (χ0n) is 10.5. The first kappa shape index (κ1) is 11.5. The van der Waals surface area contributed by atoms with Crippen LogP contribution >= 0.6 is 0 Å². The van der Waals surface area contributed by atoms with Gasteiger partial charge in [0.2, 0.25) is 0 Å². The summed E-state index contributed by atoms with van der Waals surface area (Å²) in [5.41, 5.74) is 3.89. The van der Waals surface area contributed by atoms with Crippen molar-refractivity contribution in [3.63, 3.8) is 0 Å². The van der Waals surface area contributed by atoms with Crippen LogP contribution in [0.15, 0.2) is 0 Å². The minimum atomic E-state index is 0.624. The van der Waals surface area contributed by atoms with Crippen molar-refractivity contribution < 1.29 is 0 Å². The molecule has 0 atom stereocenters. The van der Waals surface area contributed by atoms with Crippen molar-refractivity contribution in [3.8, 4) is 0 Å². The van der Waals surface area contributed by atoms with Gasteiger partial charge < -0.3 is 5.32 Å². The lowest BCUT2D eigenvalue weighted by Crippen LogP contribution is -2.27. The number of aromatic nitrogens is 2. The van der Waals surface area contributed by atoms with Crippen molar-refractivity contribution >= 4 is 0 Å². The first-order chi connectivity index (χ1) is 7.70. The van der Waals surface area contributed by atoms with Gasteiger partial charge in [-0.2, -0.15) is 0 Å². The van der Waals surface area contributed by atoms with Gasteiger partial charge in [-0.1, -0.05) is 20.8 Å². The van der Waals surface area contributed by atoms with Gasteiger partial charge >= 0.3 is 0 Å². The predicted molar refractivity (Wildman–Crippen MR) is 65.4 cm³/mol. The van der Waals surface area contributed by atoms with Gasteiger partial charge in [-0.3, -0.25) is 0 Å². The topological polar surface area (TPSA) is 37.8 Å². The van der Waals surface area contributed by atoms with Gasteiger partial charge in [-0.15, -0.1) is 0 Å². The molecule has 1 aromatic heterocycles. The normalized spacial score (nSPS) is 15.2. The highest BCUT2D eigenvalue weighted by molar-refractivity contribution is 5.28. The molecule has 0 aromatic carbocycles. The Kier molecular flexibility index (Phi) is 3.54. The Balaban J connectivity index is 2.35. The second kappa shape index (κ2) is 4.91. The van der Waals surface area contributed by atoms with Crippen LogP contribution in [0.25, 0.3) is 0 Å². The van der Waals surface area contributed by atoms with Crippen molar-refractivity contribution in [2.24, 2.45) is 5.92 Å². The maximum Gasteiger partial charge on any atom is 0.129 e. The van der Waals surface area contributed by atoms with Crippen LogP contribution < -0.4 is 5.32 Å². The summed E-state index contributed by atoms with van der Waals surface area (Å²) in [4.78, 5) is 9.39. The maximum absolute atomic E-state index is 4.71. The molecule has 0 amide bonds. The summed E-state index contributed by atoms with van der Waals surface area (Å²) in [6.45, 7) is 8.59. The van der Waals surface area contributed by atoms with Gasteiger partial charge in [0.25, 0.3) is 0 Å². The highest BCUT2D eigenvalue weighted by Gasteiger charge is 2.16. The standard InChI is InChI=1S/C13H21N3/c1-4-11-10-5-6-14-8-12(10)16-13(15-11)7-9(2)3/h9,14H,4-8H2,1-3H3. The van der Waals surface area contributed by atoms with E-state index in [0.717, 1.165) is 38.2 Å². The van der Waals surface area contributed by atoms with Gasteiger partial charge in [0.15, 0.2) is 0 Å². The first-order valence-electron chi connectivity index (χ1n) is 6.29. The van der Waals surface area contributed by atoms with Crippen LogP contribution in [0.4, 0.5) is 0 Å². The number of rotatable bonds is 3. The average molecular weight is 219 g/mol. The number of hydrogen-bond donors (Lipinski definition) is 1. The van der Waals surface area contributed by atoms with E-state index in [9.17, 15) is 0 Å². The number of aryl methyl sites for hydroxylation is 1. The monoisotopic (exact) mass is 219 g/mol. The second-order valence-corrected chi connectivity index (χ2v) is 4.89. The second-order valence-electron chi connectivity index (χ2n) is 4.89. The molecule has 0 fully saturated rings. The predicted octanol–water partition coefficient (Wildman–Crippen LogP) is 1.88. The summed E-state index contributed by atoms with van der Waals surface area (Å²) in [5.74, 6) is 1.65. The summed E-state index contributed by atoms with van der Waals surface area (Å²) in [5, 5.41) is 3.38. The van der Waals surface area contributed by atoms with Crippen LogP contribution in [0.3, 0.4) is 0 Å². The Morgan fingerprint density at radius 3 is 2.81 bits per heavy atom. The fourth-order valence-electron chi connectivity index (χ4n) is 2.24. The molecular formula is C13H21N3. The van der Waals surface area contributed by atoms with Crippen LogP contribution in [-0.4, -0.2) is 16.5 Å². The molecule has 1 aliphatic rings. The molecule has 0 saturated carbocycles. The summed E-state index contributed by atoms with van der Waals surface area (Å²) in [6.07, 6.45) is 3.09. The van der Waals surface area contributed by atoms with Crippen molar-refractivity contribution in [1.82, 2.24) is 15.3 Å². The van der Waals surface area contributed by atoms with Gasteiger partial charge in [0, 0.05) is 18.7 Å². The number of nitrogens with zero attached hydrogens (tertiary/aromatic N) is 2. The lowest BCUT2D eigenvalue weighted by molar-refractivity contribution is 0.581. The van der Waals surface area contributed by atoms with E-state index in [0.29, 0.717) is 5.92 Å². The highest BCUT2D eigenvalue weighted by Crippen LogP contribution is 2.17. The van der Waals surface area contributed by atoms with Crippen LogP contribution in [0, 0.1) is 5.92 Å². The lowest BCUT2D eigenvalue weighted by Gasteiger charge is -2.20. The zero-order chi connectivity index (χ0) is 11.5. The van der Waals surface area contributed by atoms with E-state index in [1.807, 2.05) is 0 Å². The molecule has 2 rings (SSSR count). The Labute approximate surface area is 97.7 Å². The van der Waals surface area contributed by atoms with Crippen molar-refractivity contribution in [3.05, 3.63) is 22.8 Å². The molecule has 2 heterocycles. The number of nitrogens with one attached hydrogen (secondary N) is 1. The minimum absolute atomic E-state index is 0.624. The molecule has 0 unspecified atom stereocenters. The SMILES string of the molecule is CCc1nc(CC(C)C)nc2c1CCNC2. The fraction of sp³-hybridized carbons (Fsp3) is 0.692. The summed E-state index contributed by atoms with van der Waals surface area (Å²) in [6, 6.07) is 0. The maximum atomic E-state index is 4.71. The molecule has 3 heteroatoms. The first-order valence-corrected chi connectivity index (χ1v) is 6.29. The van der Waals surface area contributed by atoms with Crippen molar-refractivity contribution in [1.29, 1.82) is 0 Å². The van der Waals surface area contributed by atoms with Crippen LogP contribution in [-0.2, 0) is 25.8 Å². The highest BCUT2D eigenvalue weighted by atomic mass is 15.0. The van der Waals surface area contributed by atoms with E-state index >= 15 is 0 Å². The third-order valence-corrected chi connectivity index (χ3v) is 2.99. The van der Waals surface area contributed by atoms with Crippen molar-refractivity contribution in [2.45, 2.75) is 46.6 Å². The van der Waals surface area contributed by atoms with E-state index in [1.54, 1.807) is 0 Å². The number of hydrogen-bond acceptors (Lipinski definition) is 3. The Morgan fingerprint density at radius 2 is 2.12 bits per heavy atom. The number of fused-ring (bicyclic) bond motifs is 1. The largest absolute Gasteiger partial charge is 0.311 e. The molecule has 88 valence electrons. The molecular weight excluding hydrogens is 198 g/mol.